The number of aliphatic hydroxyl groups is 1. The molecule has 1 saturated carbocycles. The molecule has 1 fully saturated rings. The van der Waals surface area contributed by atoms with Gasteiger partial charge >= 0.3 is 6.03 Å². The van der Waals surface area contributed by atoms with Crippen LogP contribution in [0.4, 0.5) is 9.18 Å². The van der Waals surface area contributed by atoms with Gasteiger partial charge in [0.1, 0.15) is 0 Å². The number of urea groups is 1. The zero-order chi connectivity index (χ0) is 17.5. The van der Waals surface area contributed by atoms with Gasteiger partial charge in [0, 0.05) is 26.1 Å². The van der Waals surface area contributed by atoms with Crippen LogP contribution >= 0.6 is 0 Å². The largest absolute Gasteiger partial charge is 0.494 e. The highest BCUT2D eigenvalue weighted by atomic mass is 19.1. The standard InChI is InChI=1S/C18H27FN2O3/c1-21(12-14-5-3-4-6-16(14)22)18(23)20-10-9-13-7-8-15(19)17(11-13)24-2/h7-8,11,14,16,22H,3-6,9-10,12H2,1-2H3,(H,20,23)/t14-,16+/m1/s1. The summed E-state index contributed by atoms with van der Waals surface area (Å²) in [5.41, 5.74) is 0.902. The molecule has 0 aromatic heterocycles. The molecule has 0 aliphatic heterocycles. The average molecular weight is 338 g/mol. The number of carbonyl (C=O) groups is 1. The van der Waals surface area contributed by atoms with Gasteiger partial charge in [-0.1, -0.05) is 18.9 Å². The third-order valence-electron chi connectivity index (χ3n) is 4.63. The van der Waals surface area contributed by atoms with Gasteiger partial charge in [-0.05, 0) is 37.0 Å². The van der Waals surface area contributed by atoms with Crippen LogP contribution in [-0.2, 0) is 6.42 Å². The highest BCUT2D eigenvalue weighted by Gasteiger charge is 2.25. The molecule has 2 N–H and O–H groups in total. The first-order valence-corrected chi connectivity index (χ1v) is 8.50. The zero-order valence-electron chi connectivity index (χ0n) is 14.4. The molecule has 5 nitrogen and oxygen atoms in total. The van der Waals surface area contributed by atoms with E-state index in [9.17, 15) is 14.3 Å². The first-order valence-electron chi connectivity index (χ1n) is 8.50. The monoisotopic (exact) mass is 338 g/mol. The third kappa shape index (κ3) is 5.09. The van der Waals surface area contributed by atoms with Crippen LogP contribution in [0.5, 0.6) is 5.75 Å². The van der Waals surface area contributed by atoms with E-state index in [1.54, 1.807) is 24.1 Å². The summed E-state index contributed by atoms with van der Waals surface area (Å²) in [6.45, 7) is 1.03. The van der Waals surface area contributed by atoms with Crippen molar-refractivity contribution in [1.29, 1.82) is 0 Å². The van der Waals surface area contributed by atoms with Crippen LogP contribution in [0.3, 0.4) is 0 Å². The van der Waals surface area contributed by atoms with Crippen LogP contribution in [0.25, 0.3) is 0 Å². The van der Waals surface area contributed by atoms with Crippen molar-refractivity contribution in [3.63, 3.8) is 0 Å². The van der Waals surface area contributed by atoms with Crippen molar-refractivity contribution in [1.82, 2.24) is 10.2 Å². The molecule has 24 heavy (non-hydrogen) atoms. The molecule has 1 aliphatic carbocycles. The molecule has 134 valence electrons. The zero-order valence-corrected chi connectivity index (χ0v) is 14.4. The Morgan fingerprint density at radius 3 is 2.88 bits per heavy atom. The maximum Gasteiger partial charge on any atom is 0.317 e. The Morgan fingerprint density at radius 1 is 1.42 bits per heavy atom. The summed E-state index contributed by atoms with van der Waals surface area (Å²) >= 11 is 0. The van der Waals surface area contributed by atoms with E-state index in [2.05, 4.69) is 5.32 Å². The number of aliphatic hydroxyl groups excluding tert-OH is 1. The number of halogens is 1. The van der Waals surface area contributed by atoms with E-state index >= 15 is 0 Å². The second-order valence-electron chi connectivity index (χ2n) is 6.44. The predicted molar refractivity (Wildman–Crippen MR) is 90.6 cm³/mol. The van der Waals surface area contributed by atoms with Crippen molar-refractivity contribution in [3.05, 3.63) is 29.6 Å². The lowest BCUT2D eigenvalue weighted by molar-refractivity contribution is 0.0565. The van der Waals surface area contributed by atoms with Gasteiger partial charge in [-0.2, -0.15) is 0 Å². The molecule has 0 radical (unpaired) electrons. The number of nitrogens with one attached hydrogen (secondary N) is 1. The fraction of sp³-hybridized carbons (Fsp3) is 0.611. The van der Waals surface area contributed by atoms with Crippen LogP contribution in [0.15, 0.2) is 18.2 Å². The number of benzene rings is 1. The summed E-state index contributed by atoms with van der Waals surface area (Å²) in [5.74, 6) is -0.0193. The first-order chi connectivity index (χ1) is 11.5. The van der Waals surface area contributed by atoms with Crippen LogP contribution in [0, 0.1) is 11.7 Å². The van der Waals surface area contributed by atoms with Gasteiger partial charge in [0.15, 0.2) is 11.6 Å². The Labute approximate surface area is 142 Å². The summed E-state index contributed by atoms with van der Waals surface area (Å²) in [6, 6.07) is 4.55. The molecule has 0 saturated heterocycles. The number of hydrogen-bond acceptors (Lipinski definition) is 3. The molecule has 0 bridgehead atoms. The molecule has 2 rings (SSSR count). The maximum atomic E-state index is 13.4. The van der Waals surface area contributed by atoms with E-state index < -0.39 is 5.82 Å². The van der Waals surface area contributed by atoms with Crippen molar-refractivity contribution < 1.29 is 19.0 Å². The number of nitrogens with zero attached hydrogens (tertiary/aromatic N) is 1. The van der Waals surface area contributed by atoms with Crippen LogP contribution in [0.1, 0.15) is 31.2 Å². The van der Waals surface area contributed by atoms with Crippen molar-refractivity contribution in [2.45, 2.75) is 38.2 Å². The molecule has 1 aromatic carbocycles. The molecule has 1 aliphatic rings. The van der Waals surface area contributed by atoms with Gasteiger partial charge in [-0.3, -0.25) is 0 Å². The van der Waals surface area contributed by atoms with E-state index in [0.717, 1.165) is 31.2 Å². The number of carbonyl (C=O) groups excluding carboxylic acids is 1. The fourth-order valence-electron chi connectivity index (χ4n) is 3.14. The molecule has 0 spiro atoms. The minimum Gasteiger partial charge on any atom is -0.494 e. The van der Waals surface area contributed by atoms with Crippen molar-refractivity contribution in [3.8, 4) is 5.75 Å². The number of rotatable bonds is 6. The van der Waals surface area contributed by atoms with E-state index in [-0.39, 0.29) is 23.8 Å². The van der Waals surface area contributed by atoms with Crippen molar-refractivity contribution >= 4 is 6.03 Å². The molecule has 2 atom stereocenters. The normalized spacial score (nSPS) is 20.5. The Bertz CT molecular complexity index is 553. The average Bonchev–Trinajstić information content (AvgIpc) is 2.58. The highest BCUT2D eigenvalue weighted by molar-refractivity contribution is 5.73. The van der Waals surface area contributed by atoms with Crippen molar-refractivity contribution in [2.75, 3.05) is 27.2 Å². The second-order valence-corrected chi connectivity index (χ2v) is 6.44. The third-order valence-corrected chi connectivity index (χ3v) is 4.63. The van der Waals surface area contributed by atoms with E-state index in [4.69, 9.17) is 4.74 Å². The van der Waals surface area contributed by atoms with Gasteiger partial charge < -0.3 is 20.1 Å². The van der Waals surface area contributed by atoms with E-state index in [1.165, 1.54) is 13.2 Å². The van der Waals surface area contributed by atoms with Gasteiger partial charge in [-0.15, -0.1) is 0 Å². The van der Waals surface area contributed by atoms with Gasteiger partial charge in [0.05, 0.1) is 13.2 Å². The topological polar surface area (TPSA) is 61.8 Å². The fourth-order valence-corrected chi connectivity index (χ4v) is 3.14. The molecule has 0 heterocycles. The molecule has 2 amide bonds. The molecule has 0 unspecified atom stereocenters. The van der Waals surface area contributed by atoms with E-state index in [1.807, 2.05) is 0 Å². The SMILES string of the molecule is COc1cc(CCNC(=O)N(C)C[C@H]2CCCC[C@@H]2O)ccc1F. The minimum atomic E-state index is -0.393. The molecule has 6 heteroatoms. The lowest BCUT2D eigenvalue weighted by Crippen LogP contribution is -2.43. The smallest absolute Gasteiger partial charge is 0.317 e. The predicted octanol–water partition coefficient (Wildman–Crippen LogP) is 2.57. The number of methoxy groups -OCH3 is 1. The molecular formula is C18H27FN2O3. The Hall–Kier alpha value is -1.82. The van der Waals surface area contributed by atoms with Crippen LogP contribution in [0.2, 0.25) is 0 Å². The Morgan fingerprint density at radius 2 is 2.17 bits per heavy atom. The number of hydrogen-bond donors (Lipinski definition) is 2. The van der Waals surface area contributed by atoms with E-state index in [0.29, 0.717) is 19.5 Å². The summed E-state index contributed by atoms with van der Waals surface area (Å²) in [7, 11) is 3.18. The lowest BCUT2D eigenvalue weighted by Gasteiger charge is -2.31. The molecule has 1 aromatic rings. The summed E-state index contributed by atoms with van der Waals surface area (Å²) in [5, 5.41) is 12.9. The quantitative estimate of drug-likeness (QED) is 0.838. The van der Waals surface area contributed by atoms with Gasteiger partial charge in [0.25, 0.3) is 0 Å². The molecular weight excluding hydrogens is 311 g/mol. The van der Waals surface area contributed by atoms with Gasteiger partial charge in [-0.25, -0.2) is 9.18 Å². The summed E-state index contributed by atoms with van der Waals surface area (Å²) in [6.07, 6.45) is 4.27. The highest BCUT2D eigenvalue weighted by Crippen LogP contribution is 2.24. The van der Waals surface area contributed by atoms with Crippen molar-refractivity contribution in [2.24, 2.45) is 5.92 Å². The van der Waals surface area contributed by atoms with Crippen LogP contribution in [-0.4, -0.2) is 49.4 Å². The van der Waals surface area contributed by atoms with Crippen LogP contribution < -0.4 is 10.1 Å². The second kappa shape index (κ2) is 8.87. The Kier molecular flexibility index (Phi) is 6.85. The lowest BCUT2D eigenvalue weighted by atomic mass is 9.86. The maximum absolute atomic E-state index is 13.4. The Balaban J connectivity index is 1.76. The summed E-state index contributed by atoms with van der Waals surface area (Å²) < 4.78 is 18.3. The number of ether oxygens (including phenoxy) is 1. The first kappa shape index (κ1) is 18.5. The summed E-state index contributed by atoms with van der Waals surface area (Å²) in [4.78, 5) is 13.8. The minimum absolute atomic E-state index is 0.151. The van der Waals surface area contributed by atoms with Gasteiger partial charge in [0.2, 0.25) is 0 Å². The number of amides is 2.